The van der Waals surface area contributed by atoms with Crippen molar-refractivity contribution >= 4 is 84.3 Å². The summed E-state index contributed by atoms with van der Waals surface area (Å²) in [5.74, 6) is -2.88. The molecule has 0 fully saturated rings. The van der Waals surface area contributed by atoms with Gasteiger partial charge in [0.25, 0.3) is 0 Å². The molecule has 0 aliphatic carbocycles. The van der Waals surface area contributed by atoms with Crippen LogP contribution in [0.2, 0.25) is 0 Å². The molecule has 126 heavy (non-hydrogen) atoms. The van der Waals surface area contributed by atoms with Gasteiger partial charge in [-0.05, 0) is 177 Å². The number of aryl methyl sites for hydroxylation is 2. The lowest BCUT2D eigenvalue weighted by molar-refractivity contribution is 0.414. The SMILES string of the molecule is COc1cnc2ccc(-c3nnc(N)nc3-c3ccccc3)cc2c1.Cc1ccnc2c(F)cc(-c3nnc(N)nc3-c3ccccc3F)cc12.Cc1ncnc2ccc(-c3nnc(N)nc3-c3ccc(F)cc3F)cc12.Nc1nnc(-c2cc(F)c3ncccc3c2)c(-c2ccc(F)cc2)n1.Nc1nnc(-c2ccc3ncccc3c2)c(-c2ccc(F)cc2)n1. The minimum atomic E-state index is -0.758. The van der Waals surface area contributed by atoms with Gasteiger partial charge in [-0.15, -0.1) is 51.0 Å². The lowest BCUT2D eigenvalue weighted by Gasteiger charge is -2.11. The van der Waals surface area contributed by atoms with Crippen LogP contribution in [0, 0.1) is 54.6 Å². The number of nitrogens with two attached hydrogens (primary N) is 5. The normalized spacial score (nSPS) is 10.9. The molecule has 20 aromatic rings. The van der Waals surface area contributed by atoms with Crippen molar-refractivity contribution in [2.75, 3.05) is 35.8 Å². The number of fused-ring (bicyclic) bond motifs is 5. The summed E-state index contributed by atoms with van der Waals surface area (Å²) < 4.78 is 102. The Hall–Kier alpha value is -17.5. The number of aromatic nitrogens is 21. The number of anilines is 5. The molecule has 0 saturated heterocycles. The molecule has 0 aliphatic rings. The maximum atomic E-state index is 14.6. The highest BCUT2D eigenvalue weighted by Gasteiger charge is 2.23. The number of nitrogens with zero attached hydrogens (tertiary/aromatic N) is 21. The van der Waals surface area contributed by atoms with Crippen LogP contribution in [0.5, 0.6) is 5.75 Å². The maximum Gasteiger partial charge on any atom is 0.240 e. The summed E-state index contributed by atoms with van der Waals surface area (Å²) in [6.07, 6.45) is 8.01. The zero-order chi connectivity index (χ0) is 87.6. The lowest BCUT2D eigenvalue weighted by Crippen LogP contribution is -2.03. The Kier molecular flexibility index (Phi) is 23.7. The largest absolute Gasteiger partial charge is 0.495 e. The van der Waals surface area contributed by atoms with Crippen molar-refractivity contribution in [2.45, 2.75) is 13.8 Å². The zero-order valence-corrected chi connectivity index (χ0v) is 66.2. The minimum absolute atomic E-state index is 0.0222. The Morgan fingerprint density at radius 2 is 0.706 bits per heavy atom. The van der Waals surface area contributed by atoms with Crippen molar-refractivity contribution in [3.05, 3.63) is 320 Å². The number of nitrogen functional groups attached to an aromatic ring is 5. The minimum Gasteiger partial charge on any atom is -0.495 e. The van der Waals surface area contributed by atoms with E-state index in [9.17, 15) is 30.7 Å². The molecule has 27 nitrogen and oxygen atoms in total. The summed E-state index contributed by atoms with van der Waals surface area (Å²) >= 11 is 0. The quantitative estimate of drug-likeness (QED) is 0.0751. The van der Waals surface area contributed by atoms with E-state index < -0.39 is 29.1 Å². The molecule has 10 aromatic heterocycles. The van der Waals surface area contributed by atoms with Crippen molar-refractivity contribution < 1.29 is 35.5 Å². The van der Waals surface area contributed by atoms with Gasteiger partial charge < -0.3 is 33.4 Å². The summed E-state index contributed by atoms with van der Waals surface area (Å²) in [6.45, 7) is 3.72. The second-order valence-electron chi connectivity index (χ2n) is 27.7. The van der Waals surface area contributed by atoms with Crippen LogP contribution in [0.4, 0.5) is 60.5 Å². The molecular formula is C92H63F7N26O. The van der Waals surface area contributed by atoms with Crippen molar-refractivity contribution in [1.82, 2.24) is 106 Å². The number of pyridine rings is 4. The molecule has 0 spiro atoms. The molecule has 10 aromatic carbocycles. The molecule has 20 rings (SSSR count). The van der Waals surface area contributed by atoms with Gasteiger partial charge in [-0.1, -0.05) is 72.8 Å². The van der Waals surface area contributed by atoms with E-state index >= 15 is 0 Å². The standard InChI is InChI=1S/C19H13F2N5.C19H15N5O.C18H12F2N6.C18H11F2N5.C18H12FN5/c1-10-6-7-23-17-13(10)8-11(9-15(17)21)16-18(24-19(22)26-25-16)12-4-2-3-5-14(12)20;1-25-15-10-14-9-13(7-8-16(14)21-11-15)18-17(22-19(20)24-23-18)12-5-3-2-4-6-12;1-9-13-6-10(2-5-15(13)23-8-22-9)16-17(24-18(21)26-25-16)12-4-3-11(19)7-14(12)20;19-13-5-3-10(4-6-13)16-17(24-25-18(21)23-16)12-8-11-2-1-7-22-15(11)14(20)9-12;19-14-6-3-11(4-7-14)16-17(23-24-18(20)22-16)13-5-8-15-12(10-13)2-1-9-21-15/h2-9H,1H3,(H2,22,24,26);2-11H,1H3,(H2,20,22,24);2-8H,1H3,(H2,21,24,26);1-9H,(H2,21,23,25);1-10H,(H2,20,22,24). The molecule has 0 amide bonds. The van der Waals surface area contributed by atoms with Crippen LogP contribution in [0.3, 0.4) is 0 Å². The average molecular weight is 1680 g/mol. The summed E-state index contributed by atoms with van der Waals surface area (Å²) in [5.41, 5.74) is 43.2. The lowest BCUT2D eigenvalue weighted by atomic mass is 10.0. The van der Waals surface area contributed by atoms with E-state index in [-0.39, 0.29) is 80.6 Å². The highest BCUT2D eigenvalue weighted by molar-refractivity contribution is 5.94. The summed E-state index contributed by atoms with van der Waals surface area (Å²) in [7, 11) is 1.62. The number of halogens is 7. The Labute approximate surface area is 709 Å². The molecule has 616 valence electrons. The molecule has 10 heterocycles. The fourth-order valence-electron chi connectivity index (χ4n) is 13.5. The van der Waals surface area contributed by atoms with Gasteiger partial charge >= 0.3 is 0 Å². The van der Waals surface area contributed by atoms with E-state index in [2.05, 4.69) is 106 Å². The fraction of sp³-hybridized carbons (Fsp3) is 0.0326. The second-order valence-corrected chi connectivity index (χ2v) is 27.7. The van der Waals surface area contributed by atoms with E-state index in [1.165, 1.54) is 61.1 Å². The number of hydrogen-bond donors (Lipinski definition) is 5. The van der Waals surface area contributed by atoms with Crippen LogP contribution >= 0.6 is 0 Å². The van der Waals surface area contributed by atoms with Gasteiger partial charge in [-0.2, -0.15) is 0 Å². The molecule has 0 unspecified atom stereocenters. The molecular weight excluding hydrogens is 1620 g/mol. The van der Waals surface area contributed by atoms with Crippen molar-refractivity contribution in [3.63, 3.8) is 0 Å². The molecule has 34 heteroatoms. The van der Waals surface area contributed by atoms with E-state index in [0.29, 0.717) is 78.6 Å². The monoisotopic (exact) mass is 1680 g/mol. The summed E-state index contributed by atoms with van der Waals surface area (Å²) in [6, 6.07) is 65.2. The summed E-state index contributed by atoms with van der Waals surface area (Å²) in [4.78, 5) is 46.3. The van der Waals surface area contributed by atoms with Crippen molar-refractivity contribution in [3.8, 4) is 118 Å². The Morgan fingerprint density at radius 1 is 0.270 bits per heavy atom. The average Bonchev–Trinajstić information content (AvgIpc) is 0.789. The van der Waals surface area contributed by atoms with E-state index in [1.807, 2.05) is 111 Å². The third kappa shape index (κ3) is 18.2. The van der Waals surface area contributed by atoms with Gasteiger partial charge in [0.05, 0.1) is 29.9 Å². The highest BCUT2D eigenvalue weighted by atomic mass is 19.2. The van der Waals surface area contributed by atoms with Gasteiger partial charge in [0.1, 0.15) is 121 Å². The van der Waals surface area contributed by atoms with Gasteiger partial charge in [0.2, 0.25) is 29.7 Å². The van der Waals surface area contributed by atoms with Crippen molar-refractivity contribution in [2.24, 2.45) is 0 Å². The third-order valence-corrected chi connectivity index (χ3v) is 19.5. The van der Waals surface area contributed by atoms with E-state index in [4.69, 9.17) is 33.4 Å². The zero-order valence-electron chi connectivity index (χ0n) is 66.2. The van der Waals surface area contributed by atoms with Gasteiger partial charge in [0.15, 0.2) is 0 Å². The number of methoxy groups -OCH3 is 1. The predicted molar refractivity (Wildman–Crippen MR) is 466 cm³/mol. The molecule has 0 aliphatic heterocycles. The summed E-state index contributed by atoms with van der Waals surface area (Å²) in [5, 5.41) is 43.8. The topological polar surface area (TPSA) is 410 Å². The second kappa shape index (κ2) is 36.2. The van der Waals surface area contributed by atoms with Gasteiger partial charge in [-0.3, -0.25) is 19.9 Å². The van der Waals surface area contributed by atoms with Gasteiger partial charge in [-0.25, -0.2) is 65.6 Å². The predicted octanol–water partition coefficient (Wildman–Crippen LogP) is 17.7. The smallest absolute Gasteiger partial charge is 0.240 e. The van der Waals surface area contributed by atoms with Crippen LogP contribution in [-0.2, 0) is 0 Å². The maximum absolute atomic E-state index is 14.6. The molecule has 0 atom stereocenters. The molecule has 10 N–H and O–H groups in total. The Bertz CT molecular complexity index is 7500. The van der Waals surface area contributed by atoms with Crippen LogP contribution < -0.4 is 33.4 Å². The van der Waals surface area contributed by atoms with Gasteiger partial charge in [0, 0.05) is 113 Å². The van der Waals surface area contributed by atoms with E-state index in [1.54, 1.807) is 105 Å². The van der Waals surface area contributed by atoms with E-state index in [0.717, 1.165) is 78.4 Å². The van der Waals surface area contributed by atoms with Crippen LogP contribution in [-0.4, -0.2) is 113 Å². The molecule has 0 radical (unpaired) electrons. The van der Waals surface area contributed by atoms with Crippen LogP contribution in [0.1, 0.15) is 11.3 Å². The first-order chi connectivity index (χ1) is 61.1. The highest BCUT2D eigenvalue weighted by Crippen LogP contribution is 2.39. The first kappa shape index (κ1) is 82.2. The van der Waals surface area contributed by atoms with Crippen LogP contribution in [0.25, 0.3) is 167 Å². The van der Waals surface area contributed by atoms with Crippen molar-refractivity contribution in [1.29, 1.82) is 0 Å². The molecule has 0 saturated carbocycles. The third-order valence-electron chi connectivity index (χ3n) is 19.5. The number of ether oxygens (including phenoxy) is 1. The first-order valence-electron chi connectivity index (χ1n) is 38.0. The number of hydrogen-bond acceptors (Lipinski definition) is 27. The number of rotatable bonds is 11. The fourth-order valence-corrected chi connectivity index (χ4v) is 13.5. The first-order valence-corrected chi connectivity index (χ1v) is 38.0. The van der Waals surface area contributed by atoms with Crippen LogP contribution in [0.15, 0.2) is 268 Å². The number of benzene rings is 10. The Balaban J connectivity index is 0.000000116. The molecule has 0 bridgehead atoms. The Morgan fingerprint density at radius 3 is 1.29 bits per heavy atom.